The van der Waals surface area contributed by atoms with Gasteiger partial charge in [0.2, 0.25) is 17.7 Å². The lowest BCUT2D eigenvalue weighted by Crippen LogP contribution is -2.30. The Balaban J connectivity index is 1.54. The molecule has 1 unspecified atom stereocenters. The van der Waals surface area contributed by atoms with Gasteiger partial charge in [-0.3, -0.25) is 14.4 Å². The topological polar surface area (TPSA) is 87.3 Å². The summed E-state index contributed by atoms with van der Waals surface area (Å²) in [5.74, 6) is -0.503. The molecule has 29 heavy (non-hydrogen) atoms. The van der Waals surface area contributed by atoms with E-state index >= 15 is 0 Å². The van der Waals surface area contributed by atoms with E-state index in [4.69, 9.17) is 0 Å². The second-order valence-electron chi connectivity index (χ2n) is 8.42. The van der Waals surface area contributed by atoms with Gasteiger partial charge in [0.15, 0.2) is 0 Å². The van der Waals surface area contributed by atoms with Crippen molar-refractivity contribution in [2.24, 2.45) is 11.3 Å². The van der Waals surface area contributed by atoms with Gasteiger partial charge < -0.3 is 16.0 Å². The zero-order chi connectivity index (χ0) is 21.0. The normalized spacial score (nSPS) is 15.8. The van der Waals surface area contributed by atoms with Gasteiger partial charge in [0, 0.05) is 34.8 Å². The van der Waals surface area contributed by atoms with Crippen molar-refractivity contribution in [3.05, 3.63) is 54.1 Å². The number of hydrogen-bond donors (Lipinski definition) is 3. The van der Waals surface area contributed by atoms with E-state index in [0.717, 1.165) is 11.3 Å². The van der Waals surface area contributed by atoms with E-state index < -0.39 is 5.41 Å². The van der Waals surface area contributed by atoms with E-state index in [1.807, 2.05) is 45.0 Å². The lowest BCUT2D eigenvalue weighted by atomic mass is 9.89. The van der Waals surface area contributed by atoms with Gasteiger partial charge in [-0.05, 0) is 42.7 Å². The minimum atomic E-state index is -0.502. The minimum Gasteiger partial charge on any atom is -0.326 e. The molecule has 2 aromatic carbocycles. The standard InChI is InChI=1S/C23H27N3O3/c1-23(2,3)22(29)25-18-9-6-8-17(14-18)24-20(27)12-11-16-13-15-7-4-5-10-19(15)26-21(16)28/h4-10,14,16H,11-13H2,1-3H3,(H,24,27)(H,25,29)(H,26,28). The van der Waals surface area contributed by atoms with Crippen molar-refractivity contribution in [1.82, 2.24) is 0 Å². The van der Waals surface area contributed by atoms with Gasteiger partial charge in [-0.25, -0.2) is 0 Å². The van der Waals surface area contributed by atoms with Gasteiger partial charge in [0.05, 0.1) is 0 Å². The number of benzene rings is 2. The first-order chi connectivity index (χ1) is 13.7. The molecule has 1 aliphatic heterocycles. The summed E-state index contributed by atoms with van der Waals surface area (Å²) >= 11 is 0. The Labute approximate surface area is 171 Å². The second-order valence-corrected chi connectivity index (χ2v) is 8.42. The van der Waals surface area contributed by atoms with Gasteiger partial charge in [0.25, 0.3) is 0 Å². The fraction of sp³-hybridized carbons (Fsp3) is 0.348. The Bertz CT molecular complexity index is 931. The first-order valence-corrected chi connectivity index (χ1v) is 9.82. The molecule has 0 fully saturated rings. The van der Waals surface area contributed by atoms with E-state index in [1.54, 1.807) is 24.3 Å². The van der Waals surface area contributed by atoms with Crippen LogP contribution >= 0.6 is 0 Å². The molecule has 1 aliphatic rings. The average Bonchev–Trinajstić information content (AvgIpc) is 2.66. The Morgan fingerprint density at radius 3 is 2.45 bits per heavy atom. The third-order valence-corrected chi connectivity index (χ3v) is 4.92. The summed E-state index contributed by atoms with van der Waals surface area (Å²) in [5.41, 5.74) is 2.69. The lowest BCUT2D eigenvalue weighted by molar-refractivity contribution is -0.123. The predicted molar refractivity (Wildman–Crippen MR) is 115 cm³/mol. The Kier molecular flexibility index (Phi) is 6.01. The summed E-state index contributed by atoms with van der Waals surface area (Å²) in [4.78, 5) is 36.8. The van der Waals surface area contributed by atoms with Crippen LogP contribution in [0.5, 0.6) is 0 Å². The highest BCUT2D eigenvalue weighted by molar-refractivity contribution is 5.97. The van der Waals surface area contributed by atoms with Gasteiger partial charge in [-0.1, -0.05) is 45.0 Å². The average molecular weight is 393 g/mol. The molecule has 0 aliphatic carbocycles. The minimum absolute atomic E-state index is 0.0385. The zero-order valence-corrected chi connectivity index (χ0v) is 17.0. The lowest BCUT2D eigenvalue weighted by Gasteiger charge is -2.24. The highest BCUT2D eigenvalue weighted by Crippen LogP contribution is 2.27. The number of para-hydroxylation sites is 1. The maximum absolute atomic E-state index is 12.4. The van der Waals surface area contributed by atoms with E-state index in [0.29, 0.717) is 24.2 Å². The smallest absolute Gasteiger partial charge is 0.229 e. The maximum atomic E-state index is 12.4. The van der Waals surface area contributed by atoms with Crippen molar-refractivity contribution in [2.45, 2.75) is 40.0 Å². The summed E-state index contributed by atoms with van der Waals surface area (Å²) in [5, 5.41) is 8.61. The first-order valence-electron chi connectivity index (χ1n) is 9.82. The number of carbonyl (C=O) groups excluding carboxylic acids is 3. The predicted octanol–water partition coefficient (Wildman–Crippen LogP) is 4.20. The molecular weight excluding hydrogens is 366 g/mol. The van der Waals surface area contributed by atoms with Crippen molar-refractivity contribution in [1.29, 1.82) is 0 Å². The van der Waals surface area contributed by atoms with Crippen LogP contribution in [0.3, 0.4) is 0 Å². The van der Waals surface area contributed by atoms with Gasteiger partial charge in [0.1, 0.15) is 0 Å². The maximum Gasteiger partial charge on any atom is 0.229 e. The molecule has 6 heteroatoms. The summed E-state index contributed by atoms with van der Waals surface area (Å²) in [6.45, 7) is 5.52. The van der Waals surface area contributed by atoms with E-state index in [-0.39, 0.29) is 30.1 Å². The van der Waals surface area contributed by atoms with E-state index in [2.05, 4.69) is 16.0 Å². The largest absolute Gasteiger partial charge is 0.326 e. The molecule has 0 aromatic heterocycles. The molecule has 0 spiro atoms. The van der Waals surface area contributed by atoms with Crippen LogP contribution in [-0.2, 0) is 20.8 Å². The van der Waals surface area contributed by atoms with Crippen molar-refractivity contribution < 1.29 is 14.4 Å². The Hall–Kier alpha value is -3.15. The van der Waals surface area contributed by atoms with Crippen LogP contribution in [0.2, 0.25) is 0 Å². The third-order valence-electron chi connectivity index (χ3n) is 4.92. The van der Waals surface area contributed by atoms with Gasteiger partial charge >= 0.3 is 0 Å². The van der Waals surface area contributed by atoms with Gasteiger partial charge in [-0.15, -0.1) is 0 Å². The van der Waals surface area contributed by atoms with Crippen molar-refractivity contribution in [3.8, 4) is 0 Å². The molecule has 1 heterocycles. The molecule has 1 atom stereocenters. The van der Waals surface area contributed by atoms with Crippen LogP contribution in [0.25, 0.3) is 0 Å². The zero-order valence-electron chi connectivity index (χ0n) is 17.0. The van der Waals surface area contributed by atoms with Gasteiger partial charge in [-0.2, -0.15) is 0 Å². The first kappa shape index (κ1) is 20.6. The van der Waals surface area contributed by atoms with Crippen LogP contribution in [0.15, 0.2) is 48.5 Å². The fourth-order valence-corrected chi connectivity index (χ4v) is 3.17. The van der Waals surface area contributed by atoms with Crippen LogP contribution in [0.4, 0.5) is 17.1 Å². The monoisotopic (exact) mass is 393 g/mol. The summed E-state index contributed by atoms with van der Waals surface area (Å²) in [6.07, 6.45) is 1.37. The molecule has 2 aromatic rings. The van der Waals surface area contributed by atoms with Crippen LogP contribution in [0, 0.1) is 11.3 Å². The molecule has 0 radical (unpaired) electrons. The molecule has 0 saturated heterocycles. The summed E-state index contributed by atoms with van der Waals surface area (Å²) < 4.78 is 0. The number of carbonyl (C=O) groups is 3. The SMILES string of the molecule is CC(C)(C)C(=O)Nc1cccc(NC(=O)CCC2Cc3ccccc3NC2=O)c1. The van der Waals surface area contributed by atoms with Crippen LogP contribution in [-0.4, -0.2) is 17.7 Å². The highest BCUT2D eigenvalue weighted by atomic mass is 16.2. The summed E-state index contributed by atoms with van der Waals surface area (Å²) in [7, 11) is 0. The number of amides is 3. The van der Waals surface area contributed by atoms with Crippen molar-refractivity contribution in [2.75, 3.05) is 16.0 Å². The quantitative estimate of drug-likeness (QED) is 0.711. The molecular formula is C23H27N3O3. The molecule has 152 valence electrons. The highest BCUT2D eigenvalue weighted by Gasteiger charge is 2.26. The van der Waals surface area contributed by atoms with Crippen molar-refractivity contribution >= 4 is 34.8 Å². The number of nitrogens with one attached hydrogen (secondary N) is 3. The molecule has 6 nitrogen and oxygen atoms in total. The Morgan fingerprint density at radius 2 is 1.72 bits per heavy atom. The Morgan fingerprint density at radius 1 is 1.03 bits per heavy atom. The van der Waals surface area contributed by atoms with Crippen molar-refractivity contribution in [3.63, 3.8) is 0 Å². The number of hydrogen-bond acceptors (Lipinski definition) is 3. The van der Waals surface area contributed by atoms with E-state index in [1.165, 1.54) is 0 Å². The molecule has 3 N–H and O–H groups in total. The fourth-order valence-electron chi connectivity index (χ4n) is 3.17. The summed E-state index contributed by atoms with van der Waals surface area (Å²) in [6, 6.07) is 14.8. The molecule has 3 rings (SSSR count). The second kappa shape index (κ2) is 8.47. The van der Waals surface area contributed by atoms with Crippen LogP contribution in [0.1, 0.15) is 39.2 Å². The van der Waals surface area contributed by atoms with Crippen LogP contribution < -0.4 is 16.0 Å². The third kappa shape index (κ3) is 5.44. The number of fused-ring (bicyclic) bond motifs is 1. The molecule has 0 bridgehead atoms. The van der Waals surface area contributed by atoms with E-state index in [9.17, 15) is 14.4 Å². The number of rotatable bonds is 5. The molecule has 0 saturated carbocycles. The molecule has 3 amide bonds. The number of anilines is 3.